The summed E-state index contributed by atoms with van der Waals surface area (Å²) in [4.78, 5) is 4.51. The number of alkyl halides is 1. The molecular weight excluding hydrogens is 278 g/mol. The van der Waals surface area contributed by atoms with Crippen molar-refractivity contribution in [2.24, 2.45) is 0 Å². The second-order valence-electron chi connectivity index (χ2n) is 4.43. The van der Waals surface area contributed by atoms with Gasteiger partial charge in [-0.1, -0.05) is 13.0 Å². The highest BCUT2D eigenvalue weighted by Crippen LogP contribution is 2.22. The average Bonchev–Trinajstić information content (AvgIpc) is 2.82. The van der Waals surface area contributed by atoms with Crippen LogP contribution < -0.4 is 0 Å². The third-order valence-corrected chi connectivity index (χ3v) is 4.54. The molecule has 5 heteroatoms. The van der Waals surface area contributed by atoms with E-state index >= 15 is 0 Å². The van der Waals surface area contributed by atoms with Crippen LogP contribution in [0.25, 0.3) is 11.0 Å². The van der Waals surface area contributed by atoms with E-state index in [2.05, 4.69) is 28.8 Å². The van der Waals surface area contributed by atoms with Gasteiger partial charge in [-0.25, -0.2) is 4.98 Å². The predicted octanol–water partition coefficient (Wildman–Crippen LogP) is 3.79. The lowest BCUT2D eigenvalue weighted by Gasteiger charge is -2.11. The van der Waals surface area contributed by atoms with Gasteiger partial charge in [0.05, 0.1) is 17.0 Å². The van der Waals surface area contributed by atoms with Crippen LogP contribution in [-0.4, -0.2) is 21.1 Å². The second kappa shape index (κ2) is 6.31. The lowest BCUT2D eigenvalue weighted by molar-refractivity contribution is 0.636. The standard InChI is InChI=1S/C14H16ClN3S/c1-10(19-2)6-7-18-12-5-3-4-11(9-16)14(12)17-13(18)8-15/h3-5,10H,6-8H2,1-2H3. The number of nitriles is 1. The first-order valence-electron chi connectivity index (χ1n) is 6.18. The van der Waals surface area contributed by atoms with Gasteiger partial charge in [0.25, 0.3) is 0 Å². The van der Waals surface area contributed by atoms with Gasteiger partial charge in [-0.3, -0.25) is 0 Å². The van der Waals surface area contributed by atoms with E-state index in [1.807, 2.05) is 23.9 Å². The Kier molecular flexibility index (Phi) is 4.73. The van der Waals surface area contributed by atoms with Crippen LogP contribution in [0.15, 0.2) is 18.2 Å². The molecule has 1 atom stereocenters. The van der Waals surface area contributed by atoms with Crippen LogP contribution in [0, 0.1) is 11.3 Å². The minimum Gasteiger partial charge on any atom is -0.327 e. The minimum atomic E-state index is 0.368. The number of aromatic nitrogens is 2. The molecule has 2 aromatic rings. The van der Waals surface area contributed by atoms with Crippen LogP contribution in [0.2, 0.25) is 0 Å². The molecule has 0 aliphatic rings. The topological polar surface area (TPSA) is 41.6 Å². The number of para-hydroxylation sites is 1. The van der Waals surface area contributed by atoms with Gasteiger partial charge in [0.1, 0.15) is 17.4 Å². The maximum absolute atomic E-state index is 9.13. The number of nitrogens with zero attached hydrogens (tertiary/aromatic N) is 3. The normalized spacial score (nSPS) is 12.5. The summed E-state index contributed by atoms with van der Waals surface area (Å²) in [6.45, 7) is 3.10. The third-order valence-electron chi connectivity index (χ3n) is 3.26. The zero-order chi connectivity index (χ0) is 13.8. The number of imidazole rings is 1. The van der Waals surface area contributed by atoms with Crippen molar-refractivity contribution in [3.05, 3.63) is 29.6 Å². The molecule has 0 saturated carbocycles. The molecule has 0 aliphatic heterocycles. The van der Waals surface area contributed by atoms with Crippen molar-refractivity contribution in [3.8, 4) is 6.07 Å². The van der Waals surface area contributed by atoms with E-state index in [0.29, 0.717) is 16.7 Å². The SMILES string of the molecule is CSC(C)CCn1c(CCl)nc2c(C#N)cccc21. The Morgan fingerprint density at radius 1 is 1.53 bits per heavy atom. The summed E-state index contributed by atoms with van der Waals surface area (Å²) in [7, 11) is 0. The molecule has 2 rings (SSSR count). The molecule has 0 radical (unpaired) electrons. The summed E-state index contributed by atoms with van der Waals surface area (Å²) in [5.74, 6) is 1.21. The lowest BCUT2D eigenvalue weighted by atomic mass is 10.2. The monoisotopic (exact) mass is 293 g/mol. The maximum Gasteiger partial charge on any atom is 0.124 e. The molecule has 19 heavy (non-hydrogen) atoms. The molecule has 0 saturated heterocycles. The number of halogens is 1. The van der Waals surface area contributed by atoms with Gasteiger partial charge in [-0.2, -0.15) is 17.0 Å². The quantitative estimate of drug-likeness (QED) is 0.788. The molecular formula is C14H16ClN3S. The number of hydrogen-bond donors (Lipinski definition) is 0. The van der Waals surface area contributed by atoms with E-state index in [1.54, 1.807) is 6.07 Å². The van der Waals surface area contributed by atoms with E-state index in [-0.39, 0.29) is 0 Å². The Morgan fingerprint density at radius 3 is 2.95 bits per heavy atom. The van der Waals surface area contributed by atoms with Crippen molar-refractivity contribution in [3.63, 3.8) is 0 Å². The highest BCUT2D eigenvalue weighted by Gasteiger charge is 2.13. The summed E-state index contributed by atoms with van der Waals surface area (Å²) < 4.78 is 2.13. The van der Waals surface area contributed by atoms with E-state index in [9.17, 15) is 0 Å². The van der Waals surface area contributed by atoms with Gasteiger partial charge in [0.15, 0.2) is 0 Å². The summed E-state index contributed by atoms with van der Waals surface area (Å²) >= 11 is 7.83. The van der Waals surface area contributed by atoms with Crippen LogP contribution in [0.1, 0.15) is 24.7 Å². The first-order chi connectivity index (χ1) is 9.21. The Labute approximate surface area is 122 Å². The zero-order valence-electron chi connectivity index (χ0n) is 11.1. The highest BCUT2D eigenvalue weighted by molar-refractivity contribution is 7.99. The molecule has 0 amide bonds. The maximum atomic E-state index is 9.13. The highest BCUT2D eigenvalue weighted by atomic mass is 35.5. The fourth-order valence-electron chi connectivity index (χ4n) is 2.07. The van der Waals surface area contributed by atoms with E-state index < -0.39 is 0 Å². The molecule has 1 aromatic carbocycles. The number of rotatable bonds is 5. The van der Waals surface area contributed by atoms with Gasteiger partial charge < -0.3 is 4.57 Å². The second-order valence-corrected chi connectivity index (χ2v) is 5.98. The molecule has 0 spiro atoms. The fourth-order valence-corrected chi connectivity index (χ4v) is 2.61. The summed E-state index contributed by atoms with van der Waals surface area (Å²) in [5.41, 5.74) is 2.38. The van der Waals surface area contributed by atoms with Crippen molar-refractivity contribution >= 4 is 34.4 Å². The van der Waals surface area contributed by atoms with Gasteiger partial charge in [0.2, 0.25) is 0 Å². The predicted molar refractivity (Wildman–Crippen MR) is 81.6 cm³/mol. The van der Waals surface area contributed by atoms with Crippen LogP contribution in [0.3, 0.4) is 0 Å². The minimum absolute atomic E-state index is 0.368. The van der Waals surface area contributed by atoms with E-state index in [1.165, 1.54) is 0 Å². The fraction of sp³-hybridized carbons (Fsp3) is 0.429. The van der Waals surface area contributed by atoms with E-state index in [0.717, 1.165) is 29.8 Å². The molecule has 0 N–H and O–H groups in total. The number of aryl methyl sites for hydroxylation is 1. The Balaban J connectivity index is 2.44. The van der Waals surface area contributed by atoms with Crippen molar-refractivity contribution < 1.29 is 0 Å². The van der Waals surface area contributed by atoms with Gasteiger partial charge in [-0.15, -0.1) is 11.6 Å². The van der Waals surface area contributed by atoms with Crippen LogP contribution in [0.4, 0.5) is 0 Å². The molecule has 0 bridgehead atoms. The summed E-state index contributed by atoms with van der Waals surface area (Å²) in [5, 5.41) is 9.73. The van der Waals surface area contributed by atoms with Crippen molar-refractivity contribution in [2.45, 2.75) is 31.0 Å². The van der Waals surface area contributed by atoms with E-state index in [4.69, 9.17) is 16.9 Å². The Bertz CT molecular complexity index is 615. The van der Waals surface area contributed by atoms with Crippen LogP contribution >= 0.6 is 23.4 Å². The number of benzene rings is 1. The van der Waals surface area contributed by atoms with Gasteiger partial charge in [-0.05, 0) is 24.8 Å². The third kappa shape index (κ3) is 2.88. The molecule has 1 heterocycles. The Morgan fingerprint density at radius 2 is 2.32 bits per heavy atom. The molecule has 0 fully saturated rings. The van der Waals surface area contributed by atoms with Crippen molar-refractivity contribution in [1.29, 1.82) is 5.26 Å². The zero-order valence-corrected chi connectivity index (χ0v) is 12.6. The molecule has 1 aromatic heterocycles. The van der Waals surface area contributed by atoms with Crippen molar-refractivity contribution in [2.75, 3.05) is 6.26 Å². The number of thioether (sulfide) groups is 1. The number of fused-ring (bicyclic) bond motifs is 1. The smallest absolute Gasteiger partial charge is 0.124 e. The summed E-state index contributed by atoms with van der Waals surface area (Å²) in [6, 6.07) is 7.88. The molecule has 3 nitrogen and oxygen atoms in total. The van der Waals surface area contributed by atoms with Gasteiger partial charge >= 0.3 is 0 Å². The first kappa shape index (κ1) is 14.2. The lowest BCUT2D eigenvalue weighted by Crippen LogP contribution is -2.07. The van der Waals surface area contributed by atoms with Crippen LogP contribution in [0.5, 0.6) is 0 Å². The van der Waals surface area contributed by atoms with Crippen LogP contribution in [-0.2, 0) is 12.4 Å². The Hall–Kier alpha value is -1.18. The van der Waals surface area contributed by atoms with Gasteiger partial charge in [0, 0.05) is 11.8 Å². The number of hydrogen-bond acceptors (Lipinski definition) is 3. The molecule has 0 aliphatic carbocycles. The summed E-state index contributed by atoms with van der Waals surface area (Å²) in [6.07, 6.45) is 3.18. The first-order valence-corrected chi connectivity index (χ1v) is 8.00. The average molecular weight is 294 g/mol. The molecule has 100 valence electrons. The van der Waals surface area contributed by atoms with Crippen molar-refractivity contribution in [1.82, 2.24) is 9.55 Å². The largest absolute Gasteiger partial charge is 0.327 e. The molecule has 1 unspecified atom stereocenters.